The van der Waals surface area contributed by atoms with Crippen molar-refractivity contribution in [2.24, 2.45) is 11.8 Å². The van der Waals surface area contributed by atoms with Crippen LogP contribution < -0.4 is 0 Å². The average Bonchev–Trinajstić information content (AvgIpc) is 3.01. The lowest BCUT2D eigenvalue weighted by atomic mass is 9.90. The first-order valence-corrected chi connectivity index (χ1v) is 8.64. The Morgan fingerprint density at radius 2 is 2.00 bits per heavy atom. The van der Waals surface area contributed by atoms with E-state index in [2.05, 4.69) is 6.07 Å². The van der Waals surface area contributed by atoms with Gasteiger partial charge in [0, 0.05) is 13.0 Å². The number of hydrogen-bond acceptors (Lipinski definition) is 6. The molecule has 1 saturated carbocycles. The molecule has 0 saturated heterocycles. The highest BCUT2D eigenvalue weighted by molar-refractivity contribution is 5.13. The van der Waals surface area contributed by atoms with Crippen molar-refractivity contribution in [3.05, 3.63) is 35.9 Å². The van der Waals surface area contributed by atoms with Gasteiger partial charge in [0.1, 0.15) is 6.79 Å². The number of aliphatic hydroxyl groups is 1. The second-order valence-corrected chi connectivity index (χ2v) is 6.18. The molecule has 138 valence electrons. The summed E-state index contributed by atoms with van der Waals surface area (Å²) in [6.45, 7) is 1.78. The van der Waals surface area contributed by atoms with E-state index in [9.17, 15) is 10.4 Å². The lowest BCUT2D eigenvalue weighted by Gasteiger charge is -2.28. The number of aliphatic hydroxyl groups excluding tert-OH is 1. The van der Waals surface area contributed by atoms with Crippen LogP contribution in [-0.4, -0.2) is 51.0 Å². The smallest absolute Gasteiger partial charge is 0.147 e. The Kier molecular flexibility index (Phi) is 8.87. The van der Waals surface area contributed by atoms with E-state index in [0.717, 1.165) is 5.56 Å². The maximum Gasteiger partial charge on any atom is 0.147 e. The summed E-state index contributed by atoms with van der Waals surface area (Å²) in [4.78, 5) is 0. The lowest BCUT2D eigenvalue weighted by molar-refractivity contribution is -0.147. The van der Waals surface area contributed by atoms with E-state index in [0.29, 0.717) is 39.3 Å². The zero-order valence-corrected chi connectivity index (χ0v) is 14.7. The molecule has 0 heterocycles. The highest BCUT2D eigenvalue weighted by Gasteiger charge is 2.41. The molecule has 0 spiro atoms. The molecule has 1 unspecified atom stereocenters. The molecule has 6 nitrogen and oxygen atoms in total. The summed E-state index contributed by atoms with van der Waals surface area (Å²) >= 11 is 0. The van der Waals surface area contributed by atoms with Crippen LogP contribution in [0.1, 0.15) is 18.4 Å². The highest BCUT2D eigenvalue weighted by atomic mass is 16.7. The van der Waals surface area contributed by atoms with Crippen LogP contribution in [0.4, 0.5) is 0 Å². The van der Waals surface area contributed by atoms with Crippen molar-refractivity contribution < 1.29 is 24.1 Å². The first-order chi connectivity index (χ1) is 12.3. The second-order valence-electron chi connectivity index (χ2n) is 6.18. The van der Waals surface area contributed by atoms with Gasteiger partial charge in [-0.1, -0.05) is 30.3 Å². The van der Waals surface area contributed by atoms with Gasteiger partial charge in [0.2, 0.25) is 0 Å². The maximum atomic E-state index is 10.3. The van der Waals surface area contributed by atoms with Crippen LogP contribution in [0.5, 0.6) is 0 Å². The highest BCUT2D eigenvalue weighted by Crippen LogP contribution is 2.35. The summed E-state index contributed by atoms with van der Waals surface area (Å²) in [6, 6.07) is 12.2. The van der Waals surface area contributed by atoms with Crippen molar-refractivity contribution in [2.75, 3.05) is 33.7 Å². The van der Waals surface area contributed by atoms with Gasteiger partial charge in [-0.05, 0) is 18.4 Å². The number of methoxy groups -OCH3 is 1. The molecule has 25 heavy (non-hydrogen) atoms. The van der Waals surface area contributed by atoms with Crippen molar-refractivity contribution in [2.45, 2.75) is 31.7 Å². The minimum absolute atomic E-state index is 0.0874. The van der Waals surface area contributed by atoms with E-state index >= 15 is 0 Å². The summed E-state index contributed by atoms with van der Waals surface area (Å²) in [6.07, 6.45) is 0.375. The molecule has 0 aromatic heterocycles. The summed E-state index contributed by atoms with van der Waals surface area (Å²) in [5.41, 5.74) is 1.07. The minimum Gasteiger partial charge on any atom is -0.393 e. The number of nitriles is 1. The monoisotopic (exact) mass is 349 g/mol. The number of nitrogens with zero attached hydrogens (tertiary/aromatic N) is 1. The van der Waals surface area contributed by atoms with E-state index in [1.54, 1.807) is 7.11 Å². The van der Waals surface area contributed by atoms with Crippen LogP contribution in [0.2, 0.25) is 0 Å². The minimum atomic E-state index is -0.547. The van der Waals surface area contributed by atoms with Crippen LogP contribution >= 0.6 is 0 Å². The topological polar surface area (TPSA) is 80.9 Å². The van der Waals surface area contributed by atoms with Crippen molar-refractivity contribution in [1.82, 2.24) is 0 Å². The van der Waals surface area contributed by atoms with Gasteiger partial charge in [0.15, 0.2) is 0 Å². The molecule has 1 aromatic carbocycles. The van der Waals surface area contributed by atoms with E-state index < -0.39 is 6.10 Å². The number of hydrogen-bond donors (Lipinski definition) is 1. The first-order valence-electron chi connectivity index (χ1n) is 8.64. The summed E-state index contributed by atoms with van der Waals surface area (Å²) in [5, 5.41) is 19.6. The Morgan fingerprint density at radius 3 is 2.72 bits per heavy atom. The molecule has 0 bridgehead atoms. The van der Waals surface area contributed by atoms with Gasteiger partial charge in [-0.25, -0.2) is 0 Å². The normalized spacial score (nSPS) is 24.1. The van der Waals surface area contributed by atoms with Gasteiger partial charge in [0.25, 0.3) is 0 Å². The fourth-order valence-corrected chi connectivity index (χ4v) is 3.14. The Balaban J connectivity index is 1.88. The molecule has 2 rings (SSSR count). The Hall–Kier alpha value is -1.49. The van der Waals surface area contributed by atoms with Crippen LogP contribution in [0, 0.1) is 23.2 Å². The number of benzene rings is 1. The molecule has 1 N–H and O–H groups in total. The Labute approximate surface area is 149 Å². The molecule has 4 atom stereocenters. The SMILES string of the molecule is COCCOCO[C@H](COCc1ccccc1)[C@@H]1C(O)CC[C@H]1C#N. The van der Waals surface area contributed by atoms with Crippen molar-refractivity contribution in [3.63, 3.8) is 0 Å². The van der Waals surface area contributed by atoms with Gasteiger partial charge in [-0.15, -0.1) is 0 Å². The quantitative estimate of drug-likeness (QED) is 0.487. The second kappa shape index (κ2) is 11.2. The van der Waals surface area contributed by atoms with Crippen LogP contribution in [0.15, 0.2) is 30.3 Å². The van der Waals surface area contributed by atoms with E-state index in [4.69, 9.17) is 18.9 Å². The first kappa shape index (κ1) is 19.8. The van der Waals surface area contributed by atoms with Crippen molar-refractivity contribution >= 4 is 0 Å². The standard InChI is InChI=1S/C19H27NO5/c1-22-9-10-23-14-25-18(19-16(11-20)7-8-17(19)21)13-24-12-15-5-3-2-4-6-15/h2-6,16-19,21H,7-10,12-14H2,1H3/t16-,17?,18+,19-/m0/s1. The fourth-order valence-electron chi connectivity index (χ4n) is 3.14. The number of ether oxygens (including phenoxy) is 4. The molecule has 1 fully saturated rings. The molecular formula is C19H27NO5. The average molecular weight is 349 g/mol. The van der Waals surface area contributed by atoms with E-state index in [1.807, 2.05) is 30.3 Å². The molecular weight excluding hydrogens is 322 g/mol. The van der Waals surface area contributed by atoms with Gasteiger partial charge in [-0.3, -0.25) is 0 Å². The number of rotatable bonds is 11. The molecule has 1 aliphatic carbocycles. The molecule has 0 amide bonds. The van der Waals surface area contributed by atoms with Crippen molar-refractivity contribution in [3.8, 4) is 6.07 Å². The van der Waals surface area contributed by atoms with Crippen LogP contribution in [0.25, 0.3) is 0 Å². The molecule has 1 aromatic rings. The predicted octanol–water partition coefficient (Wildman–Crippen LogP) is 2.12. The zero-order valence-electron chi connectivity index (χ0n) is 14.7. The van der Waals surface area contributed by atoms with Crippen molar-refractivity contribution in [1.29, 1.82) is 5.26 Å². The zero-order chi connectivity index (χ0) is 17.9. The third kappa shape index (κ3) is 6.38. The predicted molar refractivity (Wildman–Crippen MR) is 91.5 cm³/mol. The van der Waals surface area contributed by atoms with E-state index in [1.165, 1.54) is 0 Å². The third-order valence-corrected chi connectivity index (χ3v) is 4.47. The van der Waals surface area contributed by atoms with Gasteiger partial charge < -0.3 is 24.1 Å². The largest absolute Gasteiger partial charge is 0.393 e. The molecule has 1 aliphatic rings. The molecule has 0 aliphatic heterocycles. The summed E-state index contributed by atoms with van der Waals surface area (Å²) < 4.78 is 21.9. The summed E-state index contributed by atoms with van der Waals surface area (Å²) in [5.74, 6) is -0.480. The Morgan fingerprint density at radius 1 is 1.20 bits per heavy atom. The van der Waals surface area contributed by atoms with Crippen LogP contribution in [-0.2, 0) is 25.6 Å². The fraction of sp³-hybridized carbons (Fsp3) is 0.632. The molecule has 6 heteroatoms. The molecule has 0 radical (unpaired) electrons. The van der Waals surface area contributed by atoms with Gasteiger partial charge in [0.05, 0.1) is 50.6 Å². The Bertz CT molecular complexity index is 518. The van der Waals surface area contributed by atoms with Crippen LogP contribution in [0.3, 0.4) is 0 Å². The third-order valence-electron chi connectivity index (χ3n) is 4.47. The van der Waals surface area contributed by atoms with Gasteiger partial charge >= 0.3 is 0 Å². The summed E-state index contributed by atoms with van der Waals surface area (Å²) in [7, 11) is 1.61. The lowest BCUT2D eigenvalue weighted by Crippen LogP contribution is -2.37. The van der Waals surface area contributed by atoms with Gasteiger partial charge in [-0.2, -0.15) is 5.26 Å². The maximum absolute atomic E-state index is 10.3. The van der Waals surface area contributed by atoms with E-state index in [-0.39, 0.29) is 24.7 Å².